The second kappa shape index (κ2) is 6.98. The highest BCUT2D eigenvalue weighted by Crippen LogP contribution is 2.20. The topological polar surface area (TPSA) is 49.4 Å². The van der Waals surface area contributed by atoms with E-state index in [1.807, 2.05) is 13.8 Å². The lowest BCUT2D eigenvalue weighted by atomic mass is 10.2. The van der Waals surface area contributed by atoms with Gasteiger partial charge in [0.15, 0.2) is 0 Å². The molecule has 1 atom stereocenters. The van der Waals surface area contributed by atoms with Gasteiger partial charge in [0.25, 0.3) is 0 Å². The fraction of sp³-hybridized carbons (Fsp3) is 0.429. The van der Waals surface area contributed by atoms with E-state index in [2.05, 4.69) is 5.32 Å². The highest BCUT2D eigenvalue weighted by molar-refractivity contribution is 5.97. The summed E-state index contributed by atoms with van der Waals surface area (Å²) in [5.41, 5.74) is -0.113. The molecule has 6 heteroatoms. The molecule has 20 heavy (non-hydrogen) atoms. The molecule has 1 aromatic carbocycles. The van der Waals surface area contributed by atoms with Crippen LogP contribution in [0.1, 0.15) is 27.2 Å². The molecule has 0 saturated carbocycles. The number of benzene rings is 1. The van der Waals surface area contributed by atoms with Crippen molar-refractivity contribution in [3.63, 3.8) is 0 Å². The summed E-state index contributed by atoms with van der Waals surface area (Å²) in [7, 11) is 0. The Hall–Kier alpha value is -1.98. The van der Waals surface area contributed by atoms with Crippen molar-refractivity contribution in [3.8, 4) is 0 Å². The van der Waals surface area contributed by atoms with Crippen molar-refractivity contribution in [3.05, 3.63) is 29.8 Å². The zero-order valence-electron chi connectivity index (χ0n) is 11.7. The first-order valence-corrected chi connectivity index (χ1v) is 6.37. The minimum atomic E-state index is -0.878. The molecule has 0 aromatic heterocycles. The molecule has 0 bridgehead atoms. The number of anilines is 1. The molecular weight excluding hydrogens is 266 g/mol. The number of hydrogen-bond donors (Lipinski definition) is 1. The molecule has 110 valence electrons. The second-order valence-corrected chi connectivity index (χ2v) is 4.58. The van der Waals surface area contributed by atoms with Crippen LogP contribution in [0.3, 0.4) is 0 Å². The molecule has 0 aliphatic carbocycles. The third kappa shape index (κ3) is 4.29. The van der Waals surface area contributed by atoms with Crippen LogP contribution in [0.15, 0.2) is 18.2 Å². The average Bonchev–Trinajstić information content (AvgIpc) is 2.36. The maximum atomic E-state index is 13.7. The summed E-state index contributed by atoms with van der Waals surface area (Å²) in [5.74, 6) is -2.50. The van der Waals surface area contributed by atoms with Crippen LogP contribution in [0.5, 0.6) is 0 Å². The van der Waals surface area contributed by atoms with E-state index in [0.717, 1.165) is 23.5 Å². The lowest BCUT2D eigenvalue weighted by Crippen LogP contribution is -2.43. The van der Waals surface area contributed by atoms with Gasteiger partial charge >= 0.3 is 0 Å². The van der Waals surface area contributed by atoms with Gasteiger partial charge in [-0.25, -0.2) is 8.78 Å². The summed E-state index contributed by atoms with van der Waals surface area (Å²) < 4.78 is 26.5. The number of carbonyl (C=O) groups is 2. The van der Waals surface area contributed by atoms with E-state index in [4.69, 9.17) is 0 Å². The predicted octanol–water partition coefficient (Wildman–Crippen LogP) is 2.23. The molecule has 0 aliphatic heterocycles. The Labute approximate surface area is 116 Å². The Balaban J connectivity index is 2.90. The SMILES string of the molecule is CCC(C)NC(=O)CN(C(C)=O)c1ccc(F)cc1F. The van der Waals surface area contributed by atoms with Crippen molar-refractivity contribution in [1.82, 2.24) is 5.32 Å². The maximum absolute atomic E-state index is 13.7. The zero-order chi connectivity index (χ0) is 15.3. The predicted molar refractivity (Wildman–Crippen MR) is 72.3 cm³/mol. The van der Waals surface area contributed by atoms with Gasteiger partial charge in [0.2, 0.25) is 11.8 Å². The van der Waals surface area contributed by atoms with E-state index < -0.39 is 23.4 Å². The van der Waals surface area contributed by atoms with Gasteiger partial charge in [0.05, 0.1) is 5.69 Å². The number of rotatable bonds is 5. The Morgan fingerprint density at radius 1 is 1.35 bits per heavy atom. The van der Waals surface area contributed by atoms with Crippen LogP contribution >= 0.6 is 0 Å². The lowest BCUT2D eigenvalue weighted by Gasteiger charge is -2.22. The van der Waals surface area contributed by atoms with E-state index in [-0.39, 0.29) is 18.3 Å². The fourth-order valence-electron chi connectivity index (χ4n) is 1.63. The highest BCUT2D eigenvalue weighted by atomic mass is 19.1. The normalized spacial score (nSPS) is 11.8. The lowest BCUT2D eigenvalue weighted by molar-refractivity contribution is -0.123. The molecule has 1 rings (SSSR count). The van der Waals surface area contributed by atoms with Gasteiger partial charge in [0.1, 0.15) is 18.2 Å². The van der Waals surface area contributed by atoms with Gasteiger partial charge in [-0.05, 0) is 25.5 Å². The average molecular weight is 284 g/mol. The summed E-state index contributed by atoms with van der Waals surface area (Å²) in [4.78, 5) is 24.3. The van der Waals surface area contributed by atoms with Gasteiger partial charge in [-0.2, -0.15) is 0 Å². The summed E-state index contributed by atoms with van der Waals surface area (Å²) in [6.45, 7) is 4.66. The molecule has 0 fully saturated rings. The van der Waals surface area contributed by atoms with Gasteiger partial charge in [0, 0.05) is 19.0 Å². The van der Waals surface area contributed by atoms with Gasteiger partial charge in [-0.3, -0.25) is 9.59 Å². The smallest absolute Gasteiger partial charge is 0.240 e. The van der Waals surface area contributed by atoms with E-state index in [1.165, 1.54) is 6.92 Å². The summed E-state index contributed by atoms with van der Waals surface area (Å²) in [6, 6.07) is 2.83. The molecule has 1 unspecified atom stereocenters. The summed E-state index contributed by atoms with van der Waals surface area (Å²) >= 11 is 0. The van der Waals surface area contributed by atoms with Crippen LogP contribution in [0, 0.1) is 11.6 Å². The Morgan fingerprint density at radius 2 is 2.00 bits per heavy atom. The molecule has 0 aliphatic rings. The maximum Gasteiger partial charge on any atom is 0.240 e. The van der Waals surface area contributed by atoms with Gasteiger partial charge in [-0.15, -0.1) is 0 Å². The first-order valence-electron chi connectivity index (χ1n) is 6.37. The van der Waals surface area contributed by atoms with Crippen molar-refractivity contribution < 1.29 is 18.4 Å². The minimum absolute atomic E-state index is 0.0330. The molecule has 0 saturated heterocycles. The monoisotopic (exact) mass is 284 g/mol. The van der Waals surface area contributed by atoms with Crippen LogP contribution in [-0.4, -0.2) is 24.4 Å². The zero-order valence-corrected chi connectivity index (χ0v) is 11.7. The number of carbonyl (C=O) groups excluding carboxylic acids is 2. The first-order chi connectivity index (χ1) is 9.35. The van der Waals surface area contributed by atoms with Crippen molar-refractivity contribution in [2.45, 2.75) is 33.2 Å². The quantitative estimate of drug-likeness (QED) is 0.901. The Morgan fingerprint density at radius 3 is 2.50 bits per heavy atom. The standard InChI is InChI=1S/C14H18F2N2O2/c1-4-9(2)17-14(20)8-18(10(3)19)13-6-5-11(15)7-12(13)16/h5-7,9H,4,8H2,1-3H3,(H,17,20). The fourth-order valence-corrected chi connectivity index (χ4v) is 1.63. The number of hydrogen-bond acceptors (Lipinski definition) is 2. The van der Waals surface area contributed by atoms with Crippen molar-refractivity contribution in [2.75, 3.05) is 11.4 Å². The van der Waals surface area contributed by atoms with Crippen molar-refractivity contribution >= 4 is 17.5 Å². The largest absolute Gasteiger partial charge is 0.352 e. The van der Waals surface area contributed by atoms with E-state index in [9.17, 15) is 18.4 Å². The third-order valence-corrected chi connectivity index (χ3v) is 2.90. The van der Waals surface area contributed by atoms with E-state index >= 15 is 0 Å². The van der Waals surface area contributed by atoms with Crippen LogP contribution < -0.4 is 10.2 Å². The number of halogens is 2. The molecule has 4 nitrogen and oxygen atoms in total. The van der Waals surface area contributed by atoms with Crippen molar-refractivity contribution in [2.24, 2.45) is 0 Å². The van der Waals surface area contributed by atoms with Crippen LogP contribution in [-0.2, 0) is 9.59 Å². The van der Waals surface area contributed by atoms with E-state index in [1.54, 1.807) is 0 Å². The van der Waals surface area contributed by atoms with Crippen LogP contribution in [0.4, 0.5) is 14.5 Å². The molecule has 1 aromatic rings. The van der Waals surface area contributed by atoms with E-state index in [0.29, 0.717) is 6.07 Å². The number of amides is 2. The Bertz CT molecular complexity index is 506. The molecule has 1 N–H and O–H groups in total. The highest BCUT2D eigenvalue weighted by Gasteiger charge is 2.20. The number of nitrogens with zero attached hydrogens (tertiary/aromatic N) is 1. The van der Waals surface area contributed by atoms with Crippen molar-refractivity contribution in [1.29, 1.82) is 0 Å². The second-order valence-electron chi connectivity index (χ2n) is 4.58. The summed E-state index contributed by atoms with van der Waals surface area (Å²) in [5, 5.41) is 2.69. The third-order valence-electron chi connectivity index (χ3n) is 2.90. The van der Waals surface area contributed by atoms with Gasteiger partial charge < -0.3 is 10.2 Å². The van der Waals surface area contributed by atoms with Gasteiger partial charge in [-0.1, -0.05) is 6.92 Å². The van der Waals surface area contributed by atoms with Crippen LogP contribution in [0.25, 0.3) is 0 Å². The molecule has 2 amide bonds. The molecule has 0 spiro atoms. The minimum Gasteiger partial charge on any atom is -0.352 e. The molecular formula is C14H18F2N2O2. The van der Waals surface area contributed by atoms with Crippen LogP contribution in [0.2, 0.25) is 0 Å². The number of nitrogens with one attached hydrogen (secondary N) is 1. The first kappa shape index (κ1) is 16.1. The summed E-state index contributed by atoms with van der Waals surface area (Å²) in [6.07, 6.45) is 0.747. The molecule has 0 radical (unpaired) electrons. The molecule has 0 heterocycles. The Kier molecular flexibility index (Phi) is 5.61.